The average Bonchev–Trinajstić information content (AvgIpc) is 2.03. The first-order valence-electron chi connectivity index (χ1n) is 4.22. The van der Waals surface area contributed by atoms with Crippen molar-refractivity contribution in [3.63, 3.8) is 0 Å². The predicted octanol–water partition coefficient (Wildman–Crippen LogP) is 2.21. The number of aryl methyl sites for hydroxylation is 1. The second-order valence-electron chi connectivity index (χ2n) is 3.61. The van der Waals surface area contributed by atoms with E-state index in [-0.39, 0.29) is 5.54 Å². The number of pyridine rings is 1. The zero-order chi connectivity index (χ0) is 9.90. The van der Waals surface area contributed by atoms with E-state index in [4.69, 9.17) is 6.42 Å². The van der Waals surface area contributed by atoms with Gasteiger partial charge >= 0.3 is 0 Å². The minimum atomic E-state index is -0.346. The van der Waals surface area contributed by atoms with Gasteiger partial charge in [-0.15, -0.1) is 6.42 Å². The van der Waals surface area contributed by atoms with Crippen molar-refractivity contribution in [2.45, 2.75) is 26.3 Å². The maximum Gasteiger partial charge on any atom is 0.127 e. The topological polar surface area (TPSA) is 24.9 Å². The SMILES string of the molecule is C#CC(C)(C)Nc1cc(C)ccn1. The zero-order valence-corrected chi connectivity index (χ0v) is 8.26. The Kier molecular flexibility index (Phi) is 2.57. The van der Waals surface area contributed by atoms with Crippen LogP contribution in [0.25, 0.3) is 0 Å². The minimum absolute atomic E-state index is 0.346. The molecule has 1 heterocycles. The summed E-state index contributed by atoms with van der Waals surface area (Å²) in [4.78, 5) is 4.17. The Balaban J connectivity index is 2.82. The Hall–Kier alpha value is -1.49. The van der Waals surface area contributed by atoms with Gasteiger partial charge in [0.15, 0.2) is 0 Å². The summed E-state index contributed by atoms with van der Waals surface area (Å²) < 4.78 is 0. The van der Waals surface area contributed by atoms with Gasteiger partial charge in [-0.3, -0.25) is 0 Å². The second-order valence-corrected chi connectivity index (χ2v) is 3.61. The summed E-state index contributed by atoms with van der Waals surface area (Å²) >= 11 is 0. The highest BCUT2D eigenvalue weighted by atomic mass is 15.0. The molecule has 0 amide bonds. The molecule has 68 valence electrons. The molecule has 0 aliphatic heterocycles. The first-order valence-corrected chi connectivity index (χ1v) is 4.22. The van der Waals surface area contributed by atoms with Gasteiger partial charge in [-0.05, 0) is 38.5 Å². The maximum atomic E-state index is 5.35. The third-order valence-corrected chi connectivity index (χ3v) is 1.72. The Bertz CT molecular complexity index is 334. The lowest BCUT2D eigenvalue weighted by Gasteiger charge is -2.20. The summed E-state index contributed by atoms with van der Waals surface area (Å²) in [5.41, 5.74) is 0.825. The van der Waals surface area contributed by atoms with Crippen LogP contribution in [0.15, 0.2) is 18.3 Å². The van der Waals surface area contributed by atoms with E-state index in [9.17, 15) is 0 Å². The van der Waals surface area contributed by atoms with Crippen LogP contribution in [0.5, 0.6) is 0 Å². The monoisotopic (exact) mass is 174 g/mol. The molecule has 0 spiro atoms. The Morgan fingerprint density at radius 1 is 1.54 bits per heavy atom. The van der Waals surface area contributed by atoms with Crippen LogP contribution in [0.4, 0.5) is 5.82 Å². The number of nitrogens with one attached hydrogen (secondary N) is 1. The standard InChI is InChI=1S/C11H14N2/c1-5-11(3,4)13-10-8-9(2)6-7-12-10/h1,6-8H,2-4H3,(H,12,13). The van der Waals surface area contributed by atoms with Gasteiger partial charge in [0, 0.05) is 6.20 Å². The summed E-state index contributed by atoms with van der Waals surface area (Å²) in [5.74, 6) is 3.48. The number of hydrogen-bond acceptors (Lipinski definition) is 2. The largest absolute Gasteiger partial charge is 0.354 e. The fourth-order valence-corrected chi connectivity index (χ4v) is 0.961. The van der Waals surface area contributed by atoms with Crippen molar-refractivity contribution in [3.8, 4) is 12.3 Å². The van der Waals surface area contributed by atoms with E-state index in [0.717, 1.165) is 5.82 Å². The molecule has 0 fully saturated rings. The third kappa shape index (κ3) is 2.79. The molecule has 1 aromatic rings. The van der Waals surface area contributed by atoms with Crippen molar-refractivity contribution in [2.75, 3.05) is 5.32 Å². The van der Waals surface area contributed by atoms with Crippen LogP contribution in [0.2, 0.25) is 0 Å². The van der Waals surface area contributed by atoms with Crippen molar-refractivity contribution in [3.05, 3.63) is 23.9 Å². The van der Waals surface area contributed by atoms with Crippen LogP contribution in [0, 0.1) is 19.3 Å². The van der Waals surface area contributed by atoms with E-state index in [2.05, 4.69) is 16.2 Å². The van der Waals surface area contributed by atoms with Gasteiger partial charge in [-0.25, -0.2) is 4.98 Å². The summed E-state index contributed by atoms with van der Waals surface area (Å²) in [6.45, 7) is 5.91. The van der Waals surface area contributed by atoms with Gasteiger partial charge in [-0.2, -0.15) is 0 Å². The van der Waals surface area contributed by atoms with E-state index < -0.39 is 0 Å². The van der Waals surface area contributed by atoms with Gasteiger partial charge in [0.1, 0.15) is 5.82 Å². The molecule has 1 aromatic heterocycles. The van der Waals surface area contributed by atoms with Crippen LogP contribution >= 0.6 is 0 Å². The van der Waals surface area contributed by atoms with Crippen LogP contribution in [0.3, 0.4) is 0 Å². The van der Waals surface area contributed by atoms with Crippen LogP contribution in [-0.4, -0.2) is 10.5 Å². The molecular weight excluding hydrogens is 160 g/mol. The smallest absolute Gasteiger partial charge is 0.127 e. The van der Waals surface area contributed by atoms with Gasteiger partial charge < -0.3 is 5.32 Å². The lowest BCUT2D eigenvalue weighted by Crippen LogP contribution is -2.28. The predicted molar refractivity (Wildman–Crippen MR) is 55.5 cm³/mol. The molecule has 1 N–H and O–H groups in total. The number of terminal acetylenes is 1. The van der Waals surface area contributed by atoms with Crippen LogP contribution in [-0.2, 0) is 0 Å². The van der Waals surface area contributed by atoms with E-state index in [0.29, 0.717) is 0 Å². The van der Waals surface area contributed by atoms with Crippen LogP contribution < -0.4 is 5.32 Å². The van der Waals surface area contributed by atoms with Crippen molar-refractivity contribution in [1.29, 1.82) is 0 Å². The van der Waals surface area contributed by atoms with Crippen molar-refractivity contribution < 1.29 is 0 Å². The minimum Gasteiger partial charge on any atom is -0.354 e. The molecule has 0 unspecified atom stereocenters. The van der Waals surface area contributed by atoms with E-state index in [1.165, 1.54) is 5.56 Å². The molecule has 0 bridgehead atoms. The molecule has 2 nitrogen and oxygen atoms in total. The van der Waals surface area contributed by atoms with Gasteiger partial charge in [0.25, 0.3) is 0 Å². The molecule has 0 aliphatic carbocycles. The Morgan fingerprint density at radius 3 is 2.77 bits per heavy atom. The number of hydrogen-bond donors (Lipinski definition) is 1. The van der Waals surface area contributed by atoms with Crippen molar-refractivity contribution in [2.24, 2.45) is 0 Å². The van der Waals surface area contributed by atoms with Crippen LogP contribution in [0.1, 0.15) is 19.4 Å². The summed E-state index contributed by atoms with van der Waals surface area (Å²) in [5, 5.41) is 3.16. The summed E-state index contributed by atoms with van der Waals surface area (Å²) in [6.07, 6.45) is 7.12. The highest BCUT2D eigenvalue weighted by Crippen LogP contribution is 2.12. The fraction of sp³-hybridized carbons (Fsp3) is 0.364. The molecule has 2 heteroatoms. The molecular formula is C11H14N2. The number of rotatable bonds is 2. The summed E-state index contributed by atoms with van der Waals surface area (Å²) in [7, 11) is 0. The molecule has 0 radical (unpaired) electrons. The Labute approximate surface area is 79.4 Å². The van der Waals surface area contributed by atoms with Crippen molar-refractivity contribution >= 4 is 5.82 Å². The molecule has 0 aliphatic rings. The number of anilines is 1. The summed E-state index contributed by atoms with van der Waals surface area (Å²) in [6, 6.07) is 3.92. The average molecular weight is 174 g/mol. The fourth-order valence-electron chi connectivity index (χ4n) is 0.961. The highest BCUT2D eigenvalue weighted by Gasteiger charge is 2.12. The van der Waals surface area contributed by atoms with Gasteiger partial charge in [-0.1, -0.05) is 5.92 Å². The lowest BCUT2D eigenvalue weighted by atomic mass is 10.1. The maximum absolute atomic E-state index is 5.35. The van der Waals surface area contributed by atoms with E-state index in [1.807, 2.05) is 32.9 Å². The highest BCUT2D eigenvalue weighted by molar-refractivity contribution is 5.42. The molecule has 0 saturated heterocycles. The van der Waals surface area contributed by atoms with Gasteiger partial charge in [0.2, 0.25) is 0 Å². The first kappa shape index (κ1) is 9.60. The third-order valence-electron chi connectivity index (χ3n) is 1.72. The Morgan fingerprint density at radius 2 is 2.23 bits per heavy atom. The molecule has 1 rings (SSSR count). The van der Waals surface area contributed by atoms with Gasteiger partial charge in [0.05, 0.1) is 5.54 Å². The molecule has 0 aromatic carbocycles. The number of aromatic nitrogens is 1. The van der Waals surface area contributed by atoms with E-state index in [1.54, 1.807) is 6.20 Å². The molecule has 0 atom stereocenters. The lowest BCUT2D eigenvalue weighted by molar-refractivity contribution is 0.736. The molecule has 0 saturated carbocycles. The number of nitrogens with zero attached hydrogens (tertiary/aromatic N) is 1. The normalized spacial score (nSPS) is 10.6. The second kappa shape index (κ2) is 3.49. The quantitative estimate of drug-likeness (QED) is 0.695. The van der Waals surface area contributed by atoms with E-state index >= 15 is 0 Å². The zero-order valence-electron chi connectivity index (χ0n) is 8.26. The van der Waals surface area contributed by atoms with Crippen molar-refractivity contribution in [1.82, 2.24) is 4.98 Å². The molecule has 13 heavy (non-hydrogen) atoms. The first-order chi connectivity index (χ1) is 6.03.